The summed E-state index contributed by atoms with van der Waals surface area (Å²) in [5.74, 6) is 1.82. The summed E-state index contributed by atoms with van der Waals surface area (Å²) < 4.78 is 26.7. The van der Waals surface area contributed by atoms with Crippen LogP contribution in [-0.4, -0.2) is 73.4 Å². The van der Waals surface area contributed by atoms with Crippen molar-refractivity contribution in [1.82, 2.24) is 20.2 Å². The van der Waals surface area contributed by atoms with Crippen LogP contribution >= 0.6 is 0 Å². The number of hydrogen-bond donors (Lipinski definition) is 2. The van der Waals surface area contributed by atoms with Gasteiger partial charge in [-0.1, -0.05) is 0 Å². The normalized spacial score (nSPS) is 23.9. The van der Waals surface area contributed by atoms with Crippen LogP contribution < -0.4 is 20.3 Å². The number of benzene rings is 1. The highest BCUT2D eigenvalue weighted by molar-refractivity contribution is 5.72. The fourth-order valence-electron chi connectivity index (χ4n) is 5.60. The molecule has 2 N–H and O–H groups in total. The summed E-state index contributed by atoms with van der Waals surface area (Å²) in [5, 5.41) is 6.82. The number of halogens is 1. The van der Waals surface area contributed by atoms with Gasteiger partial charge in [-0.3, -0.25) is 4.90 Å². The zero-order valence-electron chi connectivity index (χ0n) is 18.9. The van der Waals surface area contributed by atoms with Crippen molar-refractivity contribution in [2.45, 2.75) is 37.8 Å². The lowest BCUT2D eigenvalue weighted by Crippen LogP contribution is -2.42. The van der Waals surface area contributed by atoms with E-state index in [1.807, 2.05) is 0 Å². The highest BCUT2D eigenvalue weighted by Gasteiger charge is 2.30. The van der Waals surface area contributed by atoms with Crippen molar-refractivity contribution >= 4 is 17.3 Å². The Morgan fingerprint density at radius 1 is 1.03 bits per heavy atom. The summed E-state index contributed by atoms with van der Waals surface area (Å²) >= 11 is 0. The summed E-state index contributed by atoms with van der Waals surface area (Å²) in [6, 6.07) is 4.38. The Morgan fingerprint density at radius 3 is 2.67 bits per heavy atom. The third-order valence-corrected chi connectivity index (χ3v) is 7.46. The van der Waals surface area contributed by atoms with Gasteiger partial charge in [-0.2, -0.15) is 0 Å². The number of morpholine rings is 1. The molecular weight excluding hydrogens is 423 g/mol. The first kappa shape index (κ1) is 21.1. The van der Waals surface area contributed by atoms with Gasteiger partial charge in [0.05, 0.1) is 24.5 Å². The van der Waals surface area contributed by atoms with Crippen LogP contribution in [0.25, 0.3) is 0 Å². The van der Waals surface area contributed by atoms with E-state index in [1.54, 1.807) is 12.4 Å². The van der Waals surface area contributed by atoms with Crippen LogP contribution in [0.15, 0.2) is 18.5 Å². The predicted octanol–water partition coefficient (Wildman–Crippen LogP) is 2.63. The van der Waals surface area contributed by atoms with E-state index in [2.05, 4.69) is 36.5 Å². The van der Waals surface area contributed by atoms with Crippen molar-refractivity contribution in [3.63, 3.8) is 0 Å². The van der Waals surface area contributed by atoms with E-state index in [1.165, 1.54) is 6.42 Å². The number of piperidine rings is 1. The Labute approximate surface area is 193 Å². The third kappa shape index (κ3) is 4.13. The molecule has 6 rings (SSSR count). The lowest BCUT2D eigenvalue weighted by Gasteiger charge is -2.36. The smallest absolute Gasteiger partial charge is 0.178 e. The minimum Gasteiger partial charge on any atom is -0.483 e. The highest BCUT2D eigenvalue weighted by Crippen LogP contribution is 2.41. The topological polar surface area (TPSA) is 74.8 Å². The summed E-state index contributed by atoms with van der Waals surface area (Å²) in [6.45, 7) is 7.44. The highest BCUT2D eigenvalue weighted by atomic mass is 19.1. The van der Waals surface area contributed by atoms with Crippen molar-refractivity contribution in [2.75, 3.05) is 62.7 Å². The Hall–Kier alpha value is -2.49. The molecule has 3 fully saturated rings. The van der Waals surface area contributed by atoms with E-state index < -0.39 is 0 Å². The van der Waals surface area contributed by atoms with Crippen LogP contribution in [-0.2, 0) is 11.3 Å². The van der Waals surface area contributed by atoms with Crippen LogP contribution in [0.4, 0.5) is 21.7 Å². The molecular formula is C24H31FN6O2. The maximum atomic E-state index is 15.2. The first-order chi connectivity index (χ1) is 16.3. The van der Waals surface area contributed by atoms with Crippen molar-refractivity contribution in [3.05, 3.63) is 35.4 Å². The molecule has 1 aromatic heterocycles. The number of ether oxygens (including phenoxy) is 2. The zero-order chi connectivity index (χ0) is 22.2. The number of aromatic nitrogens is 2. The summed E-state index contributed by atoms with van der Waals surface area (Å²) in [6.07, 6.45) is 4.90. The number of rotatable bonds is 3. The largest absolute Gasteiger partial charge is 0.483 e. The SMILES string of the molecule is Fc1cc(C2CCN(C3CCNC3)CC2)cc2c1OCc1c(ncnc1N1CCOCC1)N2. The van der Waals surface area contributed by atoms with Gasteiger partial charge in [-0.15, -0.1) is 0 Å². The lowest BCUT2D eigenvalue weighted by molar-refractivity contribution is 0.122. The monoisotopic (exact) mass is 454 g/mol. The molecule has 0 aliphatic carbocycles. The molecule has 1 aromatic carbocycles. The fourth-order valence-corrected chi connectivity index (χ4v) is 5.60. The standard InChI is InChI=1S/C24H31FN6O2/c25-20-11-17(16-2-5-30(6-3-16)18-1-4-26-13-18)12-21-22(20)33-14-19-23(29-21)27-15-28-24(19)31-7-9-32-10-8-31/h11-12,15-16,18,26H,1-10,13-14H2,(H,27,28,29). The molecule has 0 spiro atoms. The molecule has 176 valence electrons. The van der Waals surface area contributed by atoms with Crippen molar-refractivity contribution in [3.8, 4) is 5.75 Å². The van der Waals surface area contributed by atoms with E-state index in [4.69, 9.17) is 9.47 Å². The number of fused-ring (bicyclic) bond motifs is 2. The maximum absolute atomic E-state index is 15.2. The molecule has 33 heavy (non-hydrogen) atoms. The van der Waals surface area contributed by atoms with Gasteiger partial charge >= 0.3 is 0 Å². The molecule has 0 bridgehead atoms. The van der Waals surface area contributed by atoms with Crippen LogP contribution in [0, 0.1) is 5.82 Å². The second-order valence-corrected chi connectivity index (χ2v) is 9.37. The van der Waals surface area contributed by atoms with Crippen molar-refractivity contribution in [1.29, 1.82) is 0 Å². The van der Waals surface area contributed by atoms with Crippen molar-refractivity contribution in [2.24, 2.45) is 0 Å². The molecule has 9 heteroatoms. The minimum atomic E-state index is -0.314. The van der Waals surface area contributed by atoms with Crippen LogP contribution in [0.1, 0.15) is 36.3 Å². The maximum Gasteiger partial charge on any atom is 0.178 e. The number of hydrogen-bond acceptors (Lipinski definition) is 8. The molecule has 1 atom stereocenters. The Morgan fingerprint density at radius 2 is 1.88 bits per heavy atom. The van der Waals surface area contributed by atoms with Crippen LogP contribution in [0.3, 0.4) is 0 Å². The minimum absolute atomic E-state index is 0.229. The molecule has 4 aliphatic heterocycles. The second kappa shape index (κ2) is 9.04. The molecule has 0 amide bonds. The molecule has 0 saturated carbocycles. The molecule has 1 unspecified atom stereocenters. The molecule has 8 nitrogen and oxygen atoms in total. The Bertz CT molecular complexity index is 1000. The number of nitrogens with zero attached hydrogens (tertiary/aromatic N) is 4. The summed E-state index contributed by atoms with van der Waals surface area (Å²) in [5.41, 5.74) is 2.55. The van der Waals surface area contributed by atoms with Gasteiger partial charge in [0.15, 0.2) is 11.6 Å². The summed E-state index contributed by atoms with van der Waals surface area (Å²) in [4.78, 5) is 13.8. The van der Waals surface area contributed by atoms with E-state index >= 15 is 4.39 Å². The van der Waals surface area contributed by atoms with E-state index in [9.17, 15) is 0 Å². The van der Waals surface area contributed by atoms with Gasteiger partial charge in [-0.05, 0) is 62.5 Å². The van der Waals surface area contributed by atoms with E-state index in [-0.39, 0.29) is 18.2 Å². The predicted molar refractivity (Wildman–Crippen MR) is 124 cm³/mol. The van der Waals surface area contributed by atoms with Gasteiger partial charge in [-0.25, -0.2) is 14.4 Å². The molecule has 3 saturated heterocycles. The van der Waals surface area contributed by atoms with Gasteiger partial charge in [0.25, 0.3) is 0 Å². The number of likely N-dealkylation sites (tertiary alicyclic amines) is 1. The molecule has 2 aromatic rings. The van der Waals surface area contributed by atoms with Gasteiger partial charge in [0, 0.05) is 25.7 Å². The second-order valence-electron chi connectivity index (χ2n) is 9.37. The first-order valence-corrected chi connectivity index (χ1v) is 12.1. The average Bonchev–Trinajstić information content (AvgIpc) is 3.32. The molecule has 0 radical (unpaired) electrons. The Balaban J connectivity index is 1.23. The first-order valence-electron chi connectivity index (χ1n) is 12.1. The van der Waals surface area contributed by atoms with Crippen molar-refractivity contribution < 1.29 is 13.9 Å². The third-order valence-electron chi connectivity index (χ3n) is 7.46. The number of nitrogens with one attached hydrogen (secondary N) is 2. The van der Waals surface area contributed by atoms with E-state index in [0.717, 1.165) is 69.1 Å². The average molecular weight is 455 g/mol. The zero-order valence-corrected chi connectivity index (χ0v) is 18.9. The Kier molecular flexibility index (Phi) is 5.77. The van der Waals surface area contributed by atoms with Gasteiger partial charge in [0.2, 0.25) is 0 Å². The van der Waals surface area contributed by atoms with Gasteiger partial charge in [0.1, 0.15) is 24.6 Å². The quantitative estimate of drug-likeness (QED) is 0.733. The molecule has 4 aliphatic rings. The van der Waals surface area contributed by atoms with Crippen LogP contribution in [0.2, 0.25) is 0 Å². The van der Waals surface area contributed by atoms with E-state index in [0.29, 0.717) is 36.7 Å². The lowest BCUT2D eigenvalue weighted by atomic mass is 9.88. The van der Waals surface area contributed by atoms with Crippen LogP contribution in [0.5, 0.6) is 5.75 Å². The molecule has 5 heterocycles. The van der Waals surface area contributed by atoms with Gasteiger partial charge < -0.3 is 25.0 Å². The fraction of sp³-hybridized carbons (Fsp3) is 0.583. The summed E-state index contributed by atoms with van der Waals surface area (Å²) in [7, 11) is 0. The number of anilines is 3.